The maximum Gasteiger partial charge on any atom is 0.368 e. The Morgan fingerprint density at radius 1 is 1.00 bits per heavy atom. The molecule has 3 rings (SSSR count). The summed E-state index contributed by atoms with van der Waals surface area (Å²) in [4.78, 5) is 12.3. The lowest BCUT2D eigenvalue weighted by Gasteiger charge is -2.01. The van der Waals surface area contributed by atoms with E-state index < -0.39 is 0 Å². The minimum Gasteiger partial charge on any atom is -0.244 e. The largest absolute Gasteiger partial charge is 0.368 e. The van der Waals surface area contributed by atoms with Gasteiger partial charge in [0.1, 0.15) is 0 Å². The third kappa shape index (κ3) is 2.84. The predicted octanol–water partition coefficient (Wildman–Crippen LogP) is 2.78. The third-order valence-corrected chi connectivity index (χ3v) is 3.50. The van der Waals surface area contributed by atoms with E-state index in [0.29, 0.717) is 22.3 Å². The molecule has 7 heteroatoms. The van der Waals surface area contributed by atoms with E-state index in [1.165, 1.54) is 9.36 Å². The minimum atomic E-state index is -0.358. The summed E-state index contributed by atoms with van der Waals surface area (Å²) in [5.74, 6) is 0. The molecule has 0 saturated heterocycles. The lowest BCUT2D eigenvalue weighted by Crippen LogP contribution is -2.24. The fourth-order valence-corrected chi connectivity index (χ4v) is 2.39. The van der Waals surface area contributed by atoms with Crippen molar-refractivity contribution in [3.05, 3.63) is 74.6 Å². The van der Waals surface area contributed by atoms with Gasteiger partial charge in [0.2, 0.25) is 0 Å². The number of nitrogens with zero attached hydrogens (tertiary/aromatic N) is 4. The molecule has 0 aliphatic carbocycles. The van der Waals surface area contributed by atoms with Crippen molar-refractivity contribution >= 4 is 23.2 Å². The molecule has 106 valence electrons. The maximum absolute atomic E-state index is 12.3. The molecule has 0 spiro atoms. The van der Waals surface area contributed by atoms with Gasteiger partial charge >= 0.3 is 5.69 Å². The zero-order chi connectivity index (χ0) is 14.8. The Labute approximate surface area is 130 Å². The average molecular weight is 321 g/mol. The quantitative estimate of drug-likeness (QED) is 0.745. The van der Waals surface area contributed by atoms with E-state index in [1.54, 1.807) is 36.4 Å². The van der Waals surface area contributed by atoms with Gasteiger partial charge < -0.3 is 0 Å². The van der Waals surface area contributed by atoms with Crippen molar-refractivity contribution in [2.24, 2.45) is 0 Å². The lowest BCUT2D eigenvalue weighted by molar-refractivity contribution is 0.632. The second-order valence-electron chi connectivity index (χ2n) is 4.41. The molecule has 0 unspecified atom stereocenters. The van der Waals surface area contributed by atoms with Crippen molar-refractivity contribution < 1.29 is 0 Å². The van der Waals surface area contributed by atoms with Gasteiger partial charge in [0.25, 0.3) is 0 Å². The summed E-state index contributed by atoms with van der Waals surface area (Å²) in [5, 5.41) is 8.79. The van der Waals surface area contributed by atoms with Crippen LogP contribution in [0.1, 0.15) is 5.56 Å². The molecular weight excluding hydrogens is 311 g/mol. The minimum absolute atomic E-state index is 0.295. The van der Waals surface area contributed by atoms with Crippen molar-refractivity contribution in [3.63, 3.8) is 0 Å². The topological polar surface area (TPSA) is 52.7 Å². The smallest absolute Gasteiger partial charge is 0.244 e. The fourth-order valence-electron chi connectivity index (χ4n) is 1.96. The number of hydrogen-bond donors (Lipinski definition) is 0. The molecule has 2 aromatic carbocycles. The highest BCUT2D eigenvalue weighted by Crippen LogP contribution is 2.17. The molecule has 0 saturated carbocycles. The van der Waals surface area contributed by atoms with Gasteiger partial charge in [-0.05, 0) is 40.3 Å². The van der Waals surface area contributed by atoms with Gasteiger partial charge in [0.05, 0.1) is 17.3 Å². The first-order valence-electron chi connectivity index (χ1n) is 6.17. The number of benzene rings is 2. The van der Waals surface area contributed by atoms with E-state index in [-0.39, 0.29) is 5.69 Å². The second-order valence-corrected chi connectivity index (χ2v) is 5.26. The van der Waals surface area contributed by atoms with Gasteiger partial charge in [-0.1, -0.05) is 47.5 Å². The Balaban J connectivity index is 1.97. The van der Waals surface area contributed by atoms with Crippen LogP contribution in [0, 0.1) is 0 Å². The number of halogens is 2. The molecule has 3 aromatic rings. The van der Waals surface area contributed by atoms with Gasteiger partial charge in [-0.2, -0.15) is 9.36 Å². The molecular formula is C14H10Cl2N4O. The van der Waals surface area contributed by atoms with Crippen molar-refractivity contribution in [2.75, 3.05) is 0 Å². The Morgan fingerprint density at radius 3 is 2.57 bits per heavy atom. The zero-order valence-electron chi connectivity index (χ0n) is 10.8. The van der Waals surface area contributed by atoms with Gasteiger partial charge in [-0.15, -0.1) is 0 Å². The van der Waals surface area contributed by atoms with E-state index in [2.05, 4.69) is 10.4 Å². The van der Waals surface area contributed by atoms with Crippen LogP contribution in [-0.2, 0) is 6.54 Å². The summed E-state index contributed by atoms with van der Waals surface area (Å²) in [6.45, 7) is 0.295. The van der Waals surface area contributed by atoms with Crippen LogP contribution >= 0.6 is 23.2 Å². The predicted molar refractivity (Wildman–Crippen MR) is 81.2 cm³/mol. The number of rotatable bonds is 3. The monoisotopic (exact) mass is 320 g/mol. The van der Waals surface area contributed by atoms with E-state index in [4.69, 9.17) is 23.2 Å². The van der Waals surface area contributed by atoms with Crippen molar-refractivity contribution in [1.82, 2.24) is 19.8 Å². The highest BCUT2D eigenvalue weighted by Gasteiger charge is 2.11. The van der Waals surface area contributed by atoms with Crippen LogP contribution in [0.25, 0.3) is 5.69 Å². The summed E-state index contributed by atoms with van der Waals surface area (Å²) < 4.78 is 2.43. The van der Waals surface area contributed by atoms with Crippen molar-refractivity contribution in [3.8, 4) is 5.69 Å². The first kappa shape index (κ1) is 13.9. The summed E-state index contributed by atoms with van der Waals surface area (Å²) in [6, 6.07) is 14.2. The van der Waals surface area contributed by atoms with E-state index >= 15 is 0 Å². The molecule has 1 aromatic heterocycles. The summed E-state index contributed by atoms with van der Waals surface area (Å²) in [7, 11) is 0. The maximum atomic E-state index is 12.3. The van der Waals surface area contributed by atoms with Crippen LogP contribution in [0.4, 0.5) is 0 Å². The fraction of sp³-hybridized carbons (Fsp3) is 0.0714. The lowest BCUT2D eigenvalue weighted by atomic mass is 10.2. The Bertz CT molecular complexity index is 841. The normalized spacial score (nSPS) is 10.8. The molecule has 0 radical (unpaired) electrons. The SMILES string of the molecule is O=c1n(Cc2cccc(Cl)c2)nnn1-c1ccccc1Cl. The molecule has 0 bridgehead atoms. The molecule has 21 heavy (non-hydrogen) atoms. The van der Waals surface area contributed by atoms with Gasteiger partial charge in [0, 0.05) is 5.02 Å². The molecule has 0 aliphatic heterocycles. The summed E-state index contributed by atoms with van der Waals surface area (Å²) in [6.07, 6.45) is 0. The van der Waals surface area contributed by atoms with Gasteiger partial charge in [-0.25, -0.2) is 4.79 Å². The molecule has 0 N–H and O–H groups in total. The van der Waals surface area contributed by atoms with Crippen LogP contribution in [0.2, 0.25) is 10.0 Å². The Morgan fingerprint density at radius 2 is 1.81 bits per heavy atom. The number of aromatic nitrogens is 4. The van der Waals surface area contributed by atoms with Crippen LogP contribution in [0.3, 0.4) is 0 Å². The first-order valence-corrected chi connectivity index (χ1v) is 6.93. The van der Waals surface area contributed by atoms with Crippen LogP contribution in [-0.4, -0.2) is 19.8 Å². The second kappa shape index (κ2) is 5.71. The molecule has 0 fully saturated rings. The molecule has 0 amide bonds. The summed E-state index contributed by atoms with van der Waals surface area (Å²) in [5.41, 5.74) is 1.01. The van der Waals surface area contributed by atoms with E-state index in [0.717, 1.165) is 5.56 Å². The van der Waals surface area contributed by atoms with Gasteiger partial charge in [-0.3, -0.25) is 0 Å². The highest BCUT2D eigenvalue weighted by atomic mass is 35.5. The zero-order valence-corrected chi connectivity index (χ0v) is 12.3. The Kier molecular flexibility index (Phi) is 3.77. The van der Waals surface area contributed by atoms with Gasteiger partial charge in [0.15, 0.2) is 0 Å². The average Bonchev–Trinajstić information content (AvgIpc) is 2.81. The van der Waals surface area contributed by atoms with E-state index in [1.807, 2.05) is 12.1 Å². The molecule has 0 aliphatic rings. The number of para-hydroxylation sites is 1. The molecule has 5 nitrogen and oxygen atoms in total. The number of tetrazole rings is 1. The third-order valence-electron chi connectivity index (χ3n) is 2.94. The summed E-state index contributed by atoms with van der Waals surface area (Å²) >= 11 is 12.0. The van der Waals surface area contributed by atoms with Crippen LogP contribution in [0.5, 0.6) is 0 Å². The standard InChI is InChI=1S/C14H10Cl2N4O/c15-11-5-3-4-10(8-11)9-19-14(21)20(18-17-19)13-7-2-1-6-12(13)16/h1-8H,9H2. The Hall–Kier alpha value is -2.11. The van der Waals surface area contributed by atoms with E-state index in [9.17, 15) is 4.79 Å². The van der Waals surface area contributed by atoms with Crippen molar-refractivity contribution in [2.45, 2.75) is 6.54 Å². The number of hydrogen-bond acceptors (Lipinski definition) is 3. The van der Waals surface area contributed by atoms with Crippen LogP contribution in [0.15, 0.2) is 53.3 Å². The highest BCUT2D eigenvalue weighted by molar-refractivity contribution is 6.32. The molecule has 0 atom stereocenters. The molecule has 1 heterocycles. The van der Waals surface area contributed by atoms with Crippen molar-refractivity contribution in [1.29, 1.82) is 0 Å². The van der Waals surface area contributed by atoms with Crippen LogP contribution < -0.4 is 5.69 Å². The first-order chi connectivity index (χ1) is 10.1.